The Kier molecular flexibility index (Phi) is 28.5. The molecule has 2 rings (SSSR count). The lowest BCUT2D eigenvalue weighted by molar-refractivity contribution is -0.462. The smallest absolute Gasteiger partial charge is 0.430 e. The van der Waals surface area contributed by atoms with Crippen molar-refractivity contribution in [3.05, 3.63) is 0 Å². The number of fused-ring (bicyclic) bond motifs is 1. The van der Waals surface area contributed by atoms with Crippen molar-refractivity contribution in [2.45, 2.75) is 121 Å². The van der Waals surface area contributed by atoms with Crippen LogP contribution in [0.25, 0.3) is 0 Å². The zero-order valence-electron chi connectivity index (χ0n) is 41.6. The van der Waals surface area contributed by atoms with Crippen LogP contribution in [0.15, 0.2) is 9.98 Å². The van der Waals surface area contributed by atoms with E-state index in [9.17, 15) is 56.3 Å². The average molecular weight is 1080 g/mol. The van der Waals surface area contributed by atoms with Crippen molar-refractivity contribution in [2.75, 3.05) is 51.3 Å². The van der Waals surface area contributed by atoms with Gasteiger partial charge in [-0.05, 0) is 69.3 Å². The summed E-state index contributed by atoms with van der Waals surface area (Å²) in [6, 6.07) is -8.62. The number of nitrogens with one attached hydrogen (secondary N) is 9. The first-order chi connectivity index (χ1) is 34.6. The van der Waals surface area contributed by atoms with Gasteiger partial charge in [0.2, 0.25) is 53.2 Å². The van der Waals surface area contributed by atoms with E-state index >= 15 is 0 Å². The topological polar surface area (TPSA) is 488 Å². The number of hydrogen-bond acceptors (Lipinski definition) is 16. The highest BCUT2D eigenvalue weighted by atomic mass is 32.2. The van der Waals surface area contributed by atoms with Crippen molar-refractivity contribution < 1.29 is 71.2 Å². The molecule has 0 aliphatic carbocycles. The number of aliphatic carboxylic acids is 1. The number of amides is 9. The van der Waals surface area contributed by atoms with Crippen molar-refractivity contribution in [3.8, 4) is 0 Å². The molecule has 2 aliphatic rings. The first-order valence-electron chi connectivity index (χ1n) is 23.2. The van der Waals surface area contributed by atoms with Gasteiger partial charge in [-0.25, -0.2) is 0 Å². The minimum atomic E-state index is -5.19. The van der Waals surface area contributed by atoms with E-state index in [0.29, 0.717) is 12.2 Å². The Hall–Kier alpha value is -7.35. The van der Waals surface area contributed by atoms with Crippen LogP contribution in [-0.4, -0.2) is 182 Å². The number of carboxylic acid groups (broad SMARTS) is 1. The average Bonchev–Trinajstić information content (AvgIpc) is 3.80. The Morgan fingerprint density at radius 3 is 1.84 bits per heavy atom. The molecule has 0 saturated carbocycles. The molecule has 0 radical (unpaired) electrons. The maximum atomic E-state index is 14.3. The number of aliphatic imine (C=N–C) groups is 2. The molecule has 0 spiro atoms. The second-order valence-electron chi connectivity index (χ2n) is 17.2. The number of rotatable bonds is 15. The zero-order valence-corrected chi connectivity index (χ0v) is 42.4. The first kappa shape index (κ1) is 64.7. The van der Waals surface area contributed by atoms with Crippen LogP contribution in [0.5, 0.6) is 0 Å². The summed E-state index contributed by atoms with van der Waals surface area (Å²) >= 11 is 1.42. The molecular formula is C41H71F3N18O11S. The molecule has 21 N–H and O–H groups in total. The number of carbonyl (C=O) groups excluding carboxylic acids is 10. The second kappa shape index (κ2) is 32.7. The Labute approximate surface area is 428 Å². The Morgan fingerprint density at radius 1 is 0.797 bits per heavy atom. The third-order valence-electron chi connectivity index (χ3n) is 10.6. The van der Waals surface area contributed by atoms with Gasteiger partial charge in [0.05, 0.1) is 19.6 Å². The van der Waals surface area contributed by atoms with E-state index in [4.69, 9.17) is 44.3 Å². The maximum Gasteiger partial charge on any atom is 0.430 e. The zero-order chi connectivity index (χ0) is 56.3. The Morgan fingerprint density at radius 2 is 1.32 bits per heavy atom. The predicted octanol–water partition coefficient (Wildman–Crippen LogP) is -9.29. The van der Waals surface area contributed by atoms with Crippen LogP contribution in [0.1, 0.15) is 72.1 Å². The van der Waals surface area contributed by atoms with Crippen LogP contribution in [0, 0.1) is 5.92 Å². The molecule has 33 heteroatoms. The standard InChI is InChI=1S/C39H70N18O9S.C2HF3O2/c1-20(2)16-25-33(63)53-22(8-5-12-46-37(41)42)31(61)48-19-29(59)52-26(30(40)60)17-49-39(45)50-18-27(51-21(3)58)34(64)55-24(11-15-67-4)36(66)57-14-7-10-28(57)35(65)54-23(32(62)56-25)9-6-13-47-38(43)44;3-2(4,5)1(6)7/h20,22-28H,5-19H2,1-4H3,(H2,40,60)(H,48,61)(H,51,58)(H,52,59)(H,53,63)(H,54,65)(H,55,64)(H,56,62)(H4,41,42,46)(H4,43,44,47)(H3,45,49,50);(H,6,7)/t22-,23-,24-,25-,26-,27+,28-;/m0./s1. The van der Waals surface area contributed by atoms with Gasteiger partial charge in [-0.1, -0.05) is 13.8 Å². The summed E-state index contributed by atoms with van der Waals surface area (Å²) in [5.74, 6) is -10.0. The predicted molar refractivity (Wildman–Crippen MR) is 261 cm³/mol. The van der Waals surface area contributed by atoms with Gasteiger partial charge in [-0.15, -0.1) is 0 Å². The van der Waals surface area contributed by atoms with Crippen LogP contribution >= 0.6 is 11.8 Å². The van der Waals surface area contributed by atoms with Gasteiger partial charge in [-0.2, -0.15) is 24.9 Å². The minimum Gasteiger partial charge on any atom is -0.542 e. The SMILES string of the molecule is CSCC[C@@H]1NC(=O)[C@H](NC(C)=O)C[NH+]=C(N)NC[C@@H](C(N)=O)NC(=O)CNC(=O)[C@H](CCCN=C(N)N)NC(=O)[C@H](CC(C)C)NC(=O)[C@H](CCCN=C(N)N)NC(=O)[C@@H]2CCCN2C1=O.O=C([O-])C(F)(F)F. The quantitative estimate of drug-likeness (QED) is 0.0411. The molecule has 29 nitrogen and oxygen atoms in total. The number of nitrogens with two attached hydrogens (primary N) is 6. The third kappa shape index (κ3) is 25.3. The molecule has 2 heterocycles. The Balaban J connectivity index is 0.00000363. The minimum absolute atomic E-state index is 0.00196. The molecule has 0 aromatic carbocycles. The number of nitrogens with zero attached hydrogens (tertiary/aromatic N) is 3. The summed E-state index contributed by atoms with van der Waals surface area (Å²) in [5.41, 5.74) is 33.5. The number of hydrogen-bond donors (Lipinski definition) is 15. The fraction of sp³-hybridized carbons (Fsp3) is 0.683. The van der Waals surface area contributed by atoms with Gasteiger partial charge < -0.3 is 80.7 Å². The van der Waals surface area contributed by atoms with E-state index in [1.165, 1.54) is 23.6 Å². The summed E-state index contributed by atoms with van der Waals surface area (Å²) in [6.45, 7) is 3.80. The molecule has 418 valence electrons. The first-order valence-corrected chi connectivity index (χ1v) is 24.6. The maximum absolute atomic E-state index is 14.3. The summed E-state index contributed by atoms with van der Waals surface area (Å²) in [5, 5.41) is 29.6. The molecule has 7 atom stereocenters. The van der Waals surface area contributed by atoms with E-state index in [0.717, 1.165) is 0 Å². The third-order valence-corrected chi connectivity index (χ3v) is 11.2. The van der Waals surface area contributed by atoms with Gasteiger partial charge >= 0.3 is 12.1 Å². The molecule has 0 unspecified atom stereocenters. The fourth-order valence-electron chi connectivity index (χ4n) is 7.03. The lowest BCUT2D eigenvalue weighted by Gasteiger charge is -2.31. The monoisotopic (exact) mass is 1080 g/mol. The van der Waals surface area contributed by atoms with E-state index in [-0.39, 0.29) is 101 Å². The van der Waals surface area contributed by atoms with Crippen LogP contribution in [-0.2, 0) is 47.9 Å². The van der Waals surface area contributed by atoms with Crippen molar-refractivity contribution in [1.82, 2.24) is 47.4 Å². The number of primary amides is 1. The number of carbonyl (C=O) groups is 10. The Bertz CT molecular complexity index is 2060. The van der Waals surface area contributed by atoms with Crippen molar-refractivity contribution in [3.63, 3.8) is 0 Å². The van der Waals surface area contributed by atoms with Gasteiger partial charge in [-0.3, -0.25) is 69.2 Å². The molecule has 0 bridgehead atoms. The van der Waals surface area contributed by atoms with E-state index < -0.39 is 114 Å². The van der Waals surface area contributed by atoms with Gasteiger partial charge in [0.1, 0.15) is 48.3 Å². The molecule has 1 saturated heterocycles. The molecule has 0 aromatic rings. The van der Waals surface area contributed by atoms with Crippen LogP contribution in [0.4, 0.5) is 13.2 Å². The van der Waals surface area contributed by atoms with Crippen molar-refractivity contribution in [1.29, 1.82) is 0 Å². The number of alkyl halides is 3. The van der Waals surface area contributed by atoms with Gasteiger partial charge in [0.25, 0.3) is 0 Å². The molecule has 1 fully saturated rings. The number of thioether (sulfide) groups is 1. The van der Waals surface area contributed by atoms with Crippen LogP contribution in [0.2, 0.25) is 0 Å². The summed E-state index contributed by atoms with van der Waals surface area (Å²) in [6.07, 6.45) is -2.09. The lowest BCUT2D eigenvalue weighted by Crippen LogP contribution is -2.83. The van der Waals surface area contributed by atoms with Gasteiger partial charge in [0, 0.05) is 26.6 Å². The van der Waals surface area contributed by atoms with Crippen molar-refractivity contribution >= 4 is 88.8 Å². The summed E-state index contributed by atoms with van der Waals surface area (Å²) in [7, 11) is 0. The highest BCUT2D eigenvalue weighted by Gasteiger charge is 2.40. The fourth-order valence-corrected chi connectivity index (χ4v) is 7.50. The van der Waals surface area contributed by atoms with E-state index in [1.54, 1.807) is 0 Å². The van der Waals surface area contributed by atoms with Crippen LogP contribution in [0.3, 0.4) is 0 Å². The number of guanidine groups is 3. The summed E-state index contributed by atoms with van der Waals surface area (Å²) < 4.78 is 31.5. The highest BCUT2D eigenvalue weighted by Crippen LogP contribution is 2.21. The van der Waals surface area contributed by atoms with Crippen LogP contribution < -0.4 is 87.0 Å². The molecule has 9 amide bonds. The normalized spacial score (nSPS) is 23.2. The largest absolute Gasteiger partial charge is 0.542 e. The highest BCUT2D eigenvalue weighted by molar-refractivity contribution is 7.98. The summed E-state index contributed by atoms with van der Waals surface area (Å²) in [4.78, 5) is 142. The number of carboxylic acids is 1. The second-order valence-corrected chi connectivity index (χ2v) is 18.2. The van der Waals surface area contributed by atoms with E-state index in [2.05, 4.69) is 57.5 Å². The van der Waals surface area contributed by atoms with E-state index in [1.807, 2.05) is 20.1 Å². The van der Waals surface area contributed by atoms with Crippen molar-refractivity contribution in [2.24, 2.45) is 50.3 Å². The molecule has 74 heavy (non-hydrogen) atoms. The lowest BCUT2D eigenvalue weighted by atomic mass is 10.0. The molecule has 0 aromatic heterocycles. The van der Waals surface area contributed by atoms with Gasteiger partial charge in [0.15, 0.2) is 11.9 Å². The molecule has 2 aliphatic heterocycles. The number of halogens is 3. The molecular weight excluding hydrogens is 1010 g/mol.